The lowest BCUT2D eigenvalue weighted by Crippen LogP contribution is -2.72. The van der Waals surface area contributed by atoms with Crippen molar-refractivity contribution < 1.29 is 42.8 Å². The van der Waals surface area contributed by atoms with Crippen LogP contribution in [0.25, 0.3) is 0 Å². The van der Waals surface area contributed by atoms with Crippen LogP contribution in [0.1, 0.15) is 67.2 Å². The lowest BCUT2D eigenvalue weighted by atomic mass is 9.42. The summed E-state index contributed by atoms with van der Waals surface area (Å²) in [5.41, 5.74) is -2.17. The van der Waals surface area contributed by atoms with E-state index in [4.69, 9.17) is 28.4 Å². The Kier molecular flexibility index (Phi) is 6.62. The van der Waals surface area contributed by atoms with E-state index < -0.39 is 35.2 Å². The number of rotatable bonds is 6. The summed E-state index contributed by atoms with van der Waals surface area (Å²) >= 11 is 0. The molecule has 0 aromatic heterocycles. The molecule has 0 aromatic rings. The molecule has 3 aliphatic heterocycles. The molecule has 1 spiro atoms. The number of hydrogen-bond donors (Lipinski definition) is 0. The highest BCUT2D eigenvalue weighted by Gasteiger charge is 2.80. The molecule has 2 saturated carbocycles. The quantitative estimate of drug-likeness (QED) is 0.295. The molecule has 2 saturated heterocycles. The summed E-state index contributed by atoms with van der Waals surface area (Å²) in [6, 6.07) is 0. The Hall–Kier alpha value is -2.13. The largest absolute Gasteiger partial charge is 0.472 e. The van der Waals surface area contributed by atoms with Gasteiger partial charge in [0.05, 0.1) is 30.3 Å². The SMILES string of the molecule is CC(=O)OCC12C(OC(C)=O)CC(C)C(C)(C3CC4C=COC4O3)C1CCC(OC(=O)C(C)C)C21CO1. The fourth-order valence-corrected chi connectivity index (χ4v) is 7.89. The third kappa shape index (κ3) is 3.99. The van der Waals surface area contributed by atoms with Crippen molar-refractivity contribution in [2.24, 2.45) is 34.5 Å². The minimum Gasteiger partial charge on any atom is -0.472 e. The van der Waals surface area contributed by atoms with Gasteiger partial charge >= 0.3 is 17.9 Å². The maximum absolute atomic E-state index is 12.7. The monoisotopic (exact) mass is 520 g/mol. The van der Waals surface area contributed by atoms with E-state index in [2.05, 4.69) is 19.9 Å². The number of ether oxygens (including phenoxy) is 6. The molecule has 10 unspecified atom stereocenters. The molecule has 0 bridgehead atoms. The first-order valence-corrected chi connectivity index (χ1v) is 13.6. The Morgan fingerprint density at radius 2 is 1.78 bits per heavy atom. The highest BCUT2D eigenvalue weighted by Crippen LogP contribution is 2.70. The molecular formula is C28H40O9. The first-order valence-electron chi connectivity index (χ1n) is 13.6. The van der Waals surface area contributed by atoms with Gasteiger partial charge in [-0.3, -0.25) is 14.4 Å². The topological polar surface area (TPSA) is 110 Å². The molecule has 3 heterocycles. The van der Waals surface area contributed by atoms with Gasteiger partial charge in [-0.2, -0.15) is 0 Å². The van der Waals surface area contributed by atoms with Crippen molar-refractivity contribution in [1.82, 2.24) is 0 Å². The molecule has 206 valence electrons. The van der Waals surface area contributed by atoms with Crippen molar-refractivity contribution in [3.8, 4) is 0 Å². The molecule has 5 rings (SSSR count). The van der Waals surface area contributed by atoms with Crippen LogP contribution in [0, 0.1) is 34.5 Å². The molecule has 2 aliphatic carbocycles. The second kappa shape index (κ2) is 9.26. The summed E-state index contributed by atoms with van der Waals surface area (Å²) < 4.78 is 36.4. The summed E-state index contributed by atoms with van der Waals surface area (Å²) in [6.07, 6.45) is 4.94. The van der Waals surface area contributed by atoms with Crippen molar-refractivity contribution in [1.29, 1.82) is 0 Å². The highest BCUT2D eigenvalue weighted by molar-refractivity contribution is 5.72. The number of carbonyl (C=O) groups excluding carboxylic acids is 3. The Morgan fingerprint density at radius 3 is 2.38 bits per heavy atom. The molecule has 5 aliphatic rings. The fourth-order valence-electron chi connectivity index (χ4n) is 7.89. The predicted octanol–water partition coefficient (Wildman–Crippen LogP) is 3.54. The zero-order valence-electron chi connectivity index (χ0n) is 22.7. The van der Waals surface area contributed by atoms with Crippen LogP contribution in [0.2, 0.25) is 0 Å². The van der Waals surface area contributed by atoms with Crippen molar-refractivity contribution >= 4 is 17.9 Å². The van der Waals surface area contributed by atoms with E-state index in [0.717, 1.165) is 6.42 Å². The Balaban J connectivity index is 1.60. The van der Waals surface area contributed by atoms with Gasteiger partial charge in [0.1, 0.15) is 24.4 Å². The van der Waals surface area contributed by atoms with Crippen LogP contribution in [-0.4, -0.2) is 61.3 Å². The zero-order valence-corrected chi connectivity index (χ0v) is 22.7. The summed E-state index contributed by atoms with van der Waals surface area (Å²) in [4.78, 5) is 37.3. The fraction of sp³-hybridized carbons (Fsp3) is 0.821. The van der Waals surface area contributed by atoms with Gasteiger partial charge in [-0.15, -0.1) is 0 Å². The van der Waals surface area contributed by atoms with Gasteiger partial charge in [0.15, 0.2) is 0 Å². The molecule has 0 aromatic carbocycles. The maximum atomic E-state index is 12.7. The highest BCUT2D eigenvalue weighted by atomic mass is 16.7. The van der Waals surface area contributed by atoms with Crippen LogP contribution in [0.5, 0.6) is 0 Å². The van der Waals surface area contributed by atoms with Crippen molar-refractivity contribution in [2.75, 3.05) is 13.2 Å². The molecule has 0 amide bonds. The molecule has 10 atom stereocenters. The van der Waals surface area contributed by atoms with Gasteiger partial charge in [0.25, 0.3) is 0 Å². The third-order valence-corrected chi connectivity index (χ3v) is 9.98. The average Bonchev–Trinajstić information content (AvgIpc) is 3.31. The first-order chi connectivity index (χ1) is 17.5. The number of hydrogen-bond acceptors (Lipinski definition) is 9. The van der Waals surface area contributed by atoms with Gasteiger partial charge in [0.2, 0.25) is 6.29 Å². The van der Waals surface area contributed by atoms with E-state index in [0.29, 0.717) is 25.9 Å². The van der Waals surface area contributed by atoms with E-state index >= 15 is 0 Å². The molecule has 9 nitrogen and oxygen atoms in total. The second-order valence-corrected chi connectivity index (χ2v) is 12.2. The maximum Gasteiger partial charge on any atom is 0.308 e. The number of epoxide rings is 1. The Bertz CT molecular complexity index is 971. The Morgan fingerprint density at radius 1 is 1.05 bits per heavy atom. The van der Waals surface area contributed by atoms with Crippen LogP contribution in [0.4, 0.5) is 0 Å². The van der Waals surface area contributed by atoms with E-state index in [-0.39, 0.29) is 54.1 Å². The van der Waals surface area contributed by atoms with E-state index in [9.17, 15) is 14.4 Å². The van der Waals surface area contributed by atoms with Crippen LogP contribution in [0.3, 0.4) is 0 Å². The van der Waals surface area contributed by atoms with E-state index in [1.807, 2.05) is 0 Å². The van der Waals surface area contributed by atoms with Gasteiger partial charge in [0, 0.05) is 25.2 Å². The second-order valence-electron chi connectivity index (χ2n) is 12.2. The van der Waals surface area contributed by atoms with Crippen molar-refractivity contribution in [3.05, 3.63) is 12.3 Å². The van der Waals surface area contributed by atoms with Gasteiger partial charge in [-0.1, -0.05) is 27.7 Å². The number of carbonyl (C=O) groups is 3. The lowest BCUT2D eigenvalue weighted by Gasteiger charge is -2.64. The Labute approximate surface area is 218 Å². The van der Waals surface area contributed by atoms with Gasteiger partial charge in [-0.25, -0.2) is 0 Å². The minimum absolute atomic E-state index is 0.0129. The molecular weight excluding hydrogens is 480 g/mol. The minimum atomic E-state index is -0.914. The average molecular weight is 521 g/mol. The van der Waals surface area contributed by atoms with Crippen LogP contribution in [-0.2, 0) is 42.8 Å². The van der Waals surface area contributed by atoms with Crippen LogP contribution in [0.15, 0.2) is 12.3 Å². The normalized spacial score (nSPS) is 45.6. The predicted molar refractivity (Wildman–Crippen MR) is 130 cm³/mol. The molecule has 37 heavy (non-hydrogen) atoms. The molecule has 9 heteroatoms. The molecule has 4 fully saturated rings. The standard InChI is InChI=1S/C28H40O9/c1-15(2)24(31)36-21-8-7-20-26(6,22-12-19-9-10-32-25(19)37-22)16(3)11-23(35-18(5)30)27(20,13-33-17(4)29)28(21)14-34-28/h9-10,15-16,19-23,25H,7-8,11-14H2,1-6H3. The summed E-state index contributed by atoms with van der Waals surface area (Å²) in [6.45, 7) is 11.2. The first kappa shape index (κ1) is 26.5. The summed E-state index contributed by atoms with van der Waals surface area (Å²) in [5, 5.41) is 0. The summed E-state index contributed by atoms with van der Waals surface area (Å²) in [5.74, 6) is -1.17. The van der Waals surface area contributed by atoms with Crippen LogP contribution < -0.4 is 0 Å². The number of esters is 3. The van der Waals surface area contributed by atoms with Crippen molar-refractivity contribution in [2.45, 2.75) is 97.4 Å². The van der Waals surface area contributed by atoms with Gasteiger partial charge < -0.3 is 28.4 Å². The zero-order chi connectivity index (χ0) is 26.8. The third-order valence-electron chi connectivity index (χ3n) is 9.98. The van der Waals surface area contributed by atoms with E-state index in [1.165, 1.54) is 13.8 Å². The molecule has 0 N–H and O–H groups in total. The van der Waals surface area contributed by atoms with Crippen LogP contribution >= 0.6 is 0 Å². The smallest absolute Gasteiger partial charge is 0.308 e. The van der Waals surface area contributed by atoms with Gasteiger partial charge in [-0.05, 0) is 43.6 Å². The summed E-state index contributed by atoms with van der Waals surface area (Å²) in [7, 11) is 0. The van der Waals surface area contributed by atoms with E-state index in [1.54, 1.807) is 20.1 Å². The lowest BCUT2D eigenvalue weighted by molar-refractivity contribution is -0.269. The van der Waals surface area contributed by atoms with Crippen molar-refractivity contribution in [3.63, 3.8) is 0 Å². The number of fused-ring (bicyclic) bond motifs is 3. The molecule has 0 radical (unpaired) electrons.